The van der Waals surface area contributed by atoms with Gasteiger partial charge in [-0.1, -0.05) is 24.3 Å². The fraction of sp³-hybridized carbons (Fsp3) is 0.333. The molecule has 1 fully saturated rings. The lowest BCUT2D eigenvalue weighted by atomic mass is 10.2. The smallest absolute Gasteiger partial charge is 0.309 e. The Morgan fingerprint density at radius 1 is 1.00 bits per heavy atom. The summed E-state index contributed by atoms with van der Waals surface area (Å²) in [6, 6.07) is 13.2. The van der Waals surface area contributed by atoms with Crippen LogP contribution in [0.15, 0.2) is 53.4 Å². The molecule has 0 aliphatic carbocycles. The van der Waals surface area contributed by atoms with Crippen LogP contribution in [0.3, 0.4) is 0 Å². The molecule has 1 atom stereocenters. The minimum absolute atomic E-state index is 0.122. The van der Waals surface area contributed by atoms with E-state index in [1.165, 1.54) is 16.4 Å². The van der Waals surface area contributed by atoms with Crippen molar-refractivity contribution in [1.82, 2.24) is 14.9 Å². The predicted molar refractivity (Wildman–Crippen MR) is 112 cm³/mol. The van der Waals surface area contributed by atoms with Crippen LogP contribution in [0.5, 0.6) is 11.5 Å². The molecule has 2 amide bonds. The van der Waals surface area contributed by atoms with Gasteiger partial charge in [-0.15, -0.1) is 0 Å². The second kappa shape index (κ2) is 9.55. The lowest BCUT2D eigenvalue weighted by Crippen LogP contribution is -2.53. The molecule has 2 N–H and O–H groups in total. The molecule has 1 saturated heterocycles. The van der Waals surface area contributed by atoms with Gasteiger partial charge in [0.25, 0.3) is 0 Å². The van der Waals surface area contributed by atoms with E-state index in [0.29, 0.717) is 24.5 Å². The van der Waals surface area contributed by atoms with Crippen LogP contribution in [0.4, 0.5) is 0 Å². The van der Waals surface area contributed by atoms with Crippen molar-refractivity contribution in [1.29, 1.82) is 0 Å². The Hall–Kier alpha value is -3.15. The van der Waals surface area contributed by atoms with Gasteiger partial charge < -0.3 is 24.8 Å². The van der Waals surface area contributed by atoms with Crippen LogP contribution in [-0.4, -0.2) is 57.3 Å². The topological polar surface area (TPSA) is 123 Å². The number of fused-ring (bicyclic) bond motifs is 1. The van der Waals surface area contributed by atoms with Gasteiger partial charge in [0.2, 0.25) is 16.8 Å². The molecule has 0 radical (unpaired) electrons. The zero-order chi connectivity index (χ0) is 22.6. The monoisotopic (exact) mass is 461 g/mol. The number of rotatable bonds is 6. The average molecular weight is 461 g/mol. The molecule has 2 aromatic carbocycles. The van der Waals surface area contributed by atoms with E-state index < -0.39 is 28.1 Å². The third kappa shape index (κ3) is 4.85. The summed E-state index contributed by atoms with van der Waals surface area (Å²) in [5.74, 6) is -0.511. The van der Waals surface area contributed by atoms with Gasteiger partial charge in [0.1, 0.15) is 6.23 Å². The van der Waals surface area contributed by atoms with Crippen molar-refractivity contribution in [3.63, 3.8) is 0 Å². The summed E-state index contributed by atoms with van der Waals surface area (Å²) >= 11 is 0. The standard InChI is InChI=1S/C21H23N3O7S/c25-20(22-12-15-7-8-17-18(11-15)31-14-30-17)21(26)23-13-19-24(9-4-10-29-19)32(27,28)16-5-2-1-3-6-16/h1-3,5-8,11,19H,4,9-10,12-14H2,(H,22,25)(H,23,26)/t19-/m1/s1. The number of benzene rings is 2. The van der Waals surface area contributed by atoms with E-state index in [4.69, 9.17) is 14.2 Å². The van der Waals surface area contributed by atoms with Gasteiger partial charge in [-0.2, -0.15) is 4.31 Å². The van der Waals surface area contributed by atoms with Gasteiger partial charge in [0.15, 0.2) is 11.5 Å². The number of nitrogens with one attached hydrogen (secondary N) is 2. The summed E-state index contributed by atoms with van der Waals surface area (Å²) in [5.41, 5.74) is 0.742. The van der Waals surface area contributed by atoms with Crippen LogP contribution in [0.2, 0.25) is 0 Å². The minimum Gasteiger partial charge on any atom is -0.454 e. The Bertz CT molecular complexity index is 1090. The maximum absolute atomic E-state index is 13.0. The highest BCUT2D eigenvalue weighted by Crippen LogP contribution is 2.32. The van der Waals surface area contributed by atoms with Crippen molar-refractivity contribution in [2.75, 3.05) is 26.5 Å². The average Bonchev–Trinajstić information content (AvgIpc) is 3.29. The summed E-state index contributed by atoms with van der Waals surface area (Å²) in [7, 11) is -3.80. The van der Waals surface area contributed by atoms with Gasteiger partial charge in [-0.3, -0.25) is 9.59 Å². The van der Waals surface area contributed by atoms with Crippen LogP contribution < -0.4 is 20.1 Å². The largest absolute Gasteiger partial charge is 0.454 e. The van der Waals surface area contributed by atoms with Crippen molar-refractivity contribution in [2.24, 2.45) is 0 Å². The normalized spacial score (nSPS) is 18.2. The summed E-state index contributed by atoms with van der Waals surface area (Å²) in [5, 5.41) is 4.98. The molecule has 10 nitrogen and oxygen atoms in total. The second-order valence-corrected chi connectivity index (χ2v) is 9.08. The molecule has 4 rings (SSSR count). The quantitative estimate of drug-likeness (QED) is 0.604. The summed E-state index contributed by atoms with van der Waals surface area (Å²) in [6.07, 6.45) is -0.369. The van der Waals surface area contributed by atoms with E-state index in [1.807, 2.05) is 0 Å². The van der Waals surface area contributed by atoms with E-state index in [9.17, 15) is 18.0 Å². The SMILES string of the molecule is O=C(NCc1ccc2c(c1)OCO2)C(=O)NC[C@H]1OCCCN1S(=O)(=O)c1ccccc1. The molecule has 0 unspecified atom stereocenters. The number of carbonyl (C=O) groups is 2. The van der Waals surface area contributed by atoms with E-state index in [0.717, 1.165) is 5.56 Å². The Labute approximate surface area is 185 Å². The van der Waals surface area contributed by atoms with Gasteiger partial charge >= 0.3 is 11.8 Å². The zero-order valence-corrected chi connectivity index (χ0v) is 18.0. The van der Waals surface area contributed by atoms with Crippen LogP contribution >= 0.6 is 0 Å². The van der Waals surface area contributed by atoms with Gasteiger partial charge in [-0.25, -0.2) is 8.42 Å². The number of ether oxygens (including phenoxy) is 3. The van der Waals surface area contributed by atoms with Gasteiger partial charge in [-0.05, 0) is 36.2 Å². The highest BCUT2D eigenvalue weighted by Gasteiger charge is 2.34. The highest BCUT2D eigenvalue weighted by atomic mass is 32.2. The zero-order valence-electron chi connectivity index (χ0n) is 17.2. The Kier molecular flexibility index (Phi) is 6.58. The van der Waals surface area contributed by atoms with Crippen molar-refractivity contribution in [3.05, 3.63) is 54.1 Å². The van der Waals surface area contributed by atoms with Crippen molar-refractivity contribution >= 4 is 21.8 Å². The van der Waals surface area contributed by atoms with Crippen LogP contribution in [-0.2, 0) is 30.9 Å². The number of sulfonamides is 1. The van der Waals surface area contributed by atoms with E-state index in [1.54, 1.807) is 36.4 Å². The van der Waals surface area contributed by atoms with Crippen molar-refractivity contribution in [2.45, 2.75) is 24.1 Å². The molecule has 32 heavy (non-hydrogen) atoms. The molecule has 2 aliphatic heterocycles. The fourth-order valence-electron chi connectivity index (χ4n) is 3.40. The summed E-state index contributed by atoms with van der Waals surface area (Å²) < 4.78 is 43.2. The molecule has 0 saturated carbocycles. The third-order valence-electron chi connectivity index (χ3n) is 5.04. The molecule has 11 heteroatoms. The van der Waals surface area contributed by atoms with Crippen LogP contribution in [0.1, 0.15) is 12.0 Å². The molecule has 2 aromatic rings. The van der Waals surface area contributed by atoms with Crippen molar-refractivity contribution < 1.29 is 32.2 Å². The number of hydrogen-bond acceptors (Lipinski definition) is 7. The molecular weight excluding hydrogens is 438 g/mol. The first-order valence-electron chi connectivity index (χ1n) is 10.1. The summed E-state index contributed by atoms with van der Waals surface area (Å²) in [4.78, 5) is 24.5. The molecule has 170 valence electrons. The maximum atomic E-state index is 13.0. The second-order valence-electron chi connectivity index (χ2n) is 7.19. The minimum atomic E-state index is -3.80. The Morgan fingerprint density at radius 3 is 2.56 bits per heavy atom. The van der Waals surface area contributed by atoms with E-state index >= 15 is 0 Å². The number of carbonyl (C=O) groups excluding carboxylic acids is 2. The molecular formula is C21H23N3O7S. The molecule has 2 aliphatic rings. The van der Waals surface area contributed by atoms with Crippen molar-refractivity contribution in [3.8, 4) is 11.5 Å². The van der Waals surface area contributed by atoms with E-state index in [2.05, 4.69) is 10.6 Å². The lowest BCUT2D eigenvalue weighted by Gasteiger charge is -2.34. The molecule has 0 aromatic heterocycles. The Balaban J connectivity index is 1.32. The maximum Gasteiger partial charge on any atom is 0.309 e. The first kappa shape index (κ1) is 22.1. The van der Waals surface area contributed by atoms with E-state index in [-0.39, 0.29) is 31.3 Å². The fourth-order valence-corrected chi connectivity index (χ4v) is 4.99. The first-order chi connectivity index (χ1) is 15.4. The predicted octanol–water partition coefficient (Wildman–Crippen LogP) is 0.585. The Morgan fingerprint density at radius 2 is 1.75 bits per heavy atom. The number of hydrogen-bond donors (Lipinski definition) is 2. The van der Waals surface area contributed by atoms with Gasteiger partial charge in [0, 0.05) is 13.1 Å². The lowest BCUT2D eigenvalue weighted by molar-refractivity contribution is -0.140. The van der Waals surface area contributed by atoms with Gasteiger partial charge in [0.05, 0.1) is 18.0 Å². The first-order valence-corrected chi connectivity index (χ1v) is 11.5. The van der Waals surface area contributed by atoms with Crippen LogP contribution in [0, 0.1) is 0 Å². The molecule has 0 bridgehead atoms. The summed E-state index contributed by atoms with van der Waals surface area (Å²) in [6.45, 7) is 0.735. The number of amides is 2. The number of nitrogens with zero attached hydrogens (tertiary/aromatic N) is 1. The molecule has 2 heterocycles. The highest BCUT2D eigenvalue weighted by molar-refractivity contribution is 7.89. The third-order valence-corrected chi connectivity index (χ3v) is 6.94. The van der Waals surface area contributed by atoms with Crippen LogP contribution in [0.25, 0.3) is 0 Å². The molecule has 0 spiro atoms.